The van der Waals surface area contributed by atoms with E-state index in [0.717, 1.165) is 28.9 Å². The summed E-state index contributed by atoms with van der Waals surface area (Å²) in [5.74, 6) is 0.796. The number of anilines is 1. The largest absolute Gasteiger partial charge is 0.486 e. The van der Waals surface area contributed by atoms with E-state index in [9.17, 15) is 0 Å². The van der Waals surface area contributed by atoms with Gasteiger partial charge in [-0.15, -0.1) is 0 Å². The number of nitrogens with two attached hydrogens (primary N) is 1. The number of hydrogen-bond donors (Lipinski definition) is 1. The molecule has 2 heteroatoms. The highest BCUT2D eigenvalue weighted by atomic mass is 16.5. The lowest BCUT2D eigenvalue weighted by atomic mass is 10.1. The van der Waals surface area contributed by atoms with E-state index in [0.29, 0.717) is 12.3 Å². The molecular formula is C17H21NO. The van der Waals surface area contributed by atoms with Crippen LogP contribution in [0.1, 0.15) is 29.2 Å². The maximum absolute atomic E-state index is 6.01. The lowest BCUT2D eigenvalue weighted by molar-refractivity contribution is 0.306. The molecule has 0 aromatic heterocycles. The Balaban J connectivity index is 2.10. The van der Waals surface area contributed by atoms with Crippen LogP contribution in [0.4, 0.5) is 5.69 Å². The van der Waals surface area contributed by atoms with Gasteiger partial charge < -0.3 is 10.5 Å². The van der Waals surface area contributed by atoms with E-state index in [1.807, 2.05) is 19.9 Å². The Morgan fingerprint density at radius 1 is 1.00 bits per heavy atom. The number of benzene rings is 2. The normalized spacial score (nSPS) is 10.5. The van der Waals surface area contributed by atoms with Gasteiger partial charge in [0.1, 0.15) is 12.4 Å². The van der Waals surface area contributed by atoms with Crippen LogP contribution in [0.2, 0.25) is 0 Å². The first-order chi connectivity index (χ1) is 9.10. The van der Waals surface area contributed by atoms with Crippen molar-refractivity contribution in [3.63, 3.8) is 0 Å². The van der Waals surface area contributed by atoms with Crippen molar-refractivity contribution in [2.75, 3.05) is 5.73 Å². The molecular weight excluding hydrogens is 234 g/mol. The highest BCUT2D eigenvalue weighted by Crippen LogP contribution is 2.28. The summed E-state index contributed by atoms with van der Waals surface area (Å²) in [6.07, 6.45) is 1.06. The van der Waals surface area contributed by atoms with Gasteiger partial charge in [0.15, 0.2) is 0 Å². The average molecular weight is 255 g/mol. The van der Waals surface area contributed by atoms with Crippen molar-refractivity contribution in [1.82, 2.24) is 0 Å². The molecule has 2 rings (SSSR count). The molecule has 0 aliphatic carbocycles. The van der Waals surface area contributed by atoms with Gasteiger partial charge in [-0.05, 0) is 48.6 Å². The number of aryl methyl sites for hydroxylation is 3. The number of ether oxygens (including phenoxy) is 1. The Morgan fingerprint density at radius 2 is 1.63 bits per heavy atom. The van der Waals surface area contributed by atoms with Crippen LogP contribution in [0.3, 0.4) is 0 Å². The van der Waals surface area contributed by atoms with Gasteiger partial charge in [-0.3, -0.25) is 0 Å². The van der Waals surface area contributed by atoms with E-state index in [4.69, 9.17) is 10.5 Å². The summed E-state index contributed by atoms with van der Waals surface area (Å²) in [6.45, 7) is 6.77. The van der Waals surface area contributed by atoms with Crippen LogP contribution >= 0.6 is 0 Å². The third-order valence-electron chi connectivity index (χ3n) is 3.26. The molecule has 2 N–H and O–H groups in total. The second-order valence-corrected chi connectivity index (χ2v) is 4.96. The van der Waals surface area contributed by atoms with Gasteiger partial charge in [0.25, 0.3) is 0 Å². The fourth-order valence-corrected chi connectivity index (χ4v) is 2.21. The minimum Gasteiger partial charge on any atom is -0.486 e. The van der Waals surface area contributed by atoms with Gasteiger partial charge >= 0.3 is 0 Å². The standard InChI is InChI=1S/C17H21NO/c1-4-14-5-7-15(8-6-14)11-19-17-13(3)9-12(2)10-16(17)18/h5-10H,4,11,18H2,1-3H3. The van der Waals surface area contributed by atoms with E-state index in [1.165, 1.54) is 5.56 Å². The third-order valence-corrected chi connectivity index (χ3v) is 3.26. The monoisotopic (exact) mass is 255 g/mol. The van der Waals surface area contributed by atoms with E-state index in [2.05, 4.69) is 37.3 Å². The lowest BCUT2D eigenvalue weighted by Crippen LogP contribution is -2.01. The zero-order chi connectivity index (χ0) is 13.8. The summed E-state index contributed by atoms with van der Waals surface area (Å²) in [4.78, 5) is 0. The Labute approximate surface area is 115 Å². The van der Waals surface area contributed by atoms with E-state index < -0.39 is 0 Å². The minimum atomic E-state index is 0.554. The molecule has 0 bridgehead atoms. The maximum Gasteiger partial charge on any atom is 0.145 e. The molecule has 0 atom stereocenters. The molecule has 0 saturated heterocycles. The van der Waals surface area contributed by atoms with Gasteiger partial charge in [0, 0.05) is 0 Å². The molecule has 2 nitrogen and oxygen atoms in total. The van der Waals surface area contributed by atoms with Gasteiger partial charge in [-0.2, -0.15) is 0 Å². The summed E-state index contributed by atoms with van der Waals surface area (Å²) < 4.78 is 5.86. The molecule has 2 aromatic carbocycles. The quantitative estimate of drug-likeness (QED) is 0.837. The van der Waals surface area contributed by atoms with Crippen molar-refractivity contribution >= 4 is 5.69 Å². The van der Waals surface area contributed by atoms with Crippen LogP contribution in [0, 0.1) is 13.8 Å². The maximum atomic E-state index is 6.01. The van der Waals surface area contributed by atoms with Gasteiger partial charge in [-0.1, -0.05) is 37.3 Å². The summed E-state index contributed by atoms with van der Waals surface area (Å²) in [5.41, 5.74) is 11.5. The van der Waals surface area contributed by atoms with Crippen molar-refractivity contribution in [2.45, 2.75) is 33.8 Å². The first-order valence-corrected chi connectivity index (χ1v) is 6.67. The molecule has 0 radical (unpaired) electrons. The first-order valence-electron chi connectivity index (χ1n) is 6.67. The molecule has 0 fully saturated rings. The van der Waals surface area contributed by atoms with Crippen molar-refractivity contribution in [3.8, 4) is 5.75 Å². The number of nitrogen functional groups attached to an aromatic ring is 1. The SMILES string of the molecule is CCc1ccc(COc2c(C)cc(C)cc2N)cc1. The Bertz CT molecular complexity index is 535. The van der Waals surface area contributed by atoms with Crippen LogP contribution in [-0.4, -0.2) is 0 Å². The Morgan fingerprint density at radius 3 is 2.21 bits per heavy atom. The van der Waals surface area contributed by atoms with E-state index in [-0.39, 0.29) is 0 Å². The minimum absolute atomic E-state index is 0.554. The van der Waals surface area contributed by atoms with Crippen LogP contribution in [0.25, 0.3) is 0 Å². The molecule has 0 spiro atoms. The van der Waals surface area contributed by atoms with Crippen molar-refractivity contribution in [1.29, 1.82) is 0 Å². The fourth-order valence-electron chi connectivity index (χ4n) is 2.21. The summed E-state index contributed by atoms with van der Waals surface area (Å²) in [7, 11) is 0. The van der Waals surface area contributed by atoms with Crippen LogP contribution in [0.15, 0.2) is 36.4 Å². The predicted molar refractivity (Wildman–Crippen MR) is 80.5 cm³/mol. The number of hydrogen-bond acceptors (Lipinski definition) is 2. The summed E-state index contributed by atoms with van der Waals surface area (Å²) in [5, 5.41) is 0. The van der Waals surface area contributed by atoms with Gasteiger partial charge in [0.2, 0.25) is 0 Å². The zero-order valence-corrected chi connectivity index (χ0v) is 11.9. The summed E-state index contributed by atoms with van der Waals surface area (Å²) >= 11 is 0. The van der Waals surface area contributed by atoms with Crippen LogP contribution in [0.5, 0.6) is 5.75 Å². The van der Waals surface area contributed by atoms with Crippen molar-refractivity contribution < 1.29 is 4.74 Å². The van der Waals surface area contributed by atoms with Crippen LogP contribution in [-0.2, 0) is 13.0 Å². The molecule has 0 aliphatic rings. The molecule has 0 unspecified atom stereocenters. The fraction of sp³-hybridized carbons (Fsp3) is 0.294. The highest BCUT2D eigenvalue weighted by Gasteiger charge is 2.06. The average Bonchev–Trinajstić information content (AvgIpc) is 2.38. The third kappa shape index (κ3) is 3.28. The molecule has 0 amide bonds. The van der Waals surface area contributed by atoms with E-state index in [1.54, 1.807) is 0 Å². The lowest BCUT2D eigenvalue weighted by Gasteiger charge is -2.13. The van der Waals surface area contributed by atoms with Crippen LogP contribution < -0.4 is 10.5 Å². The van der Waals surface area contributed by atoms with E-state index >= 15 is 0 Å². The van der Waals surface area contributed by atoms with Crippen molar-refractivity contribution in [2.24, 2.45) is 0 Å². The van der Waals surface area contributed by atoms with Gasteiger partial charge in [-0.25, -0.2) is 0 Å². The zero-order valence-electron chi connectivity index (χ0n) is 11.9. The predicted octanol–water partition coefficient (Wildman–Crippen LogP) is 4.03. The van der Waals surface area contributed by atoms with Crippen molar-refractivity contribution in [3.05, 3.63) is 58.7 Å². The van der Waals surface area contributed by atoms with Gasteiger partial charge in [0.05, 0.1) is 5.69 Å². The molecule has 19 heavy (non-hydrogen) atoms. The molecule has 100 valence electrons. The Hall–Kier alpha value is -1.96. The second kappa shape index (κ2) is 5.79. The smallest absolute Gasteiger partial charge is 0.145 e. The molecule has 0 heterocycles. The summed E-state index contributed by atoms with van der Waals surface area (Å²) in [6, 6.07) is 12.5. The first kappa shape index (κ1) is 13.5. The molecule has 0 saturated carbocycles. The topological polar surface area (TPSA) is 35.2 Å². The number of rotatable bonds is 4. The highest BCUT2D eigenvalue weighted by molar-refractivity contribution is 5.58. The molecule has 2 aromatic rings. The Kier molecular flexibility index (Phi) is 4.10. The second-order valence-electron chi connectivity index (χ2n) is 4.96. The molecule has 0 aliphatic heterocycles.